The van der Waals surface area contributed by atoms with E-state index < -0.39 is 31.8 Å². The zero-order chi connectivity index (χ0) is 10.2. The van der Waals surface area contributed by atoms with Crippen molar-refractivity contribution in [1.29, 1.82) is 0 Å². The van der Waals surface area contributed by atoms with Crippen LogP contribution < -0.4 is 0 Å². The summed E-state index contributed by atoms with van der Waals surface area (Å²) in [4.78, 5) is -1.35. The lowest BCUT2D eigenvalue weighted by atomic mass is 10.3. The van der Waals surface area contributed by atoms with E-state index in [1.165, 1.54) is 0 Å². The van der Waals surface area contributed by atoms with Gasteiger partial charge in [-0.2, -0.15) is 8.42 Å². The van der Waals surface area contributed by atoms with Gasteiger partial charge in [0, 0.05) is 0 Å². The fourth-order valence-corrected chi connectivity index (χ4v) is 1.38. The van der Waals surface area contributed by atoms with Gasteiger partial charge in [0.2, 0.25) is 0 Å². The highest BCUT2D eigenvalue weighted by Crippen LogP contribution is 2.23. The van der Waals surface area contributed by atoms with E-state index in [0.29, 0.717) is 6.07 Å². The van der Waals surface area contributed by atoms with Crippen LogP contribution >= 0.6 is 11.6 Å². The Morgan fingerprint density at radius 1 is 1.15 bits per heavy atom. The Kier molecular flexibility index (Phi) is 2.53. The molecule has 0 N–H and O–H groups in total. The predicted molar refractivity (Wildman–Crippen MR) is 39.7 cm³/mol. The molecule has 13 heavy (non-hydrogen) atoms. The summed E-state index contributed by atoms with van der Waals surface area (Å²) >= 11 is 5.10. The molecule has 2 nitrogen and oxygen atoms in total. The van der Waals surface area contributed by atoms with Crippen molar-refractivity contribution in [3.63, 3.8) is 0 Å². The molecule has 0 saturated heterocycles. The zero-order valence-electron chi connectivity index (χ0n) is 5.89. The van der Waals surface area contributed by atoms with E-state index in [9.17, 15) is 21.1 Å². The Morgan fingerprint density at radius 2 is 1.69 bits per heavy atom. The third kappa shape index (κ3) is 2.13. The van der Waals surface area contributed by atoms with Crippen molar-refractivity contribution in [2.24, 2.45) is 0 Å². The first kappa shape index (κ1) is 10.3. The molecule has 0 aliphatic heterocycles. The number of halogens is 4. The van der Waals surface area contributed by atoms with E-state index in [-0.39, 0.29) is 6.07 Å². The van der Waals surface area contributed by atoms with Gasteiger partial charge in [0.15, 0.2) is 0 Å². The van der Waals surface area contributed by atoms with E-state index in [1.807, 2.05) is 0 Å². The summed E-state index contributed by atoms with van der Waals surface area (Å²) in [6, 6.07) is 0.580. The highest BCUT2D eigenvalue weighted by molar-refractivity contribution is 7.86. The van der Waals surface area contributed by atoms with Gasteiger partial charge in [-0.1, -0.05) is 11.6 Å². The van der Waals surface area contributed by atoms with Gasteiger partial charge >= 0.3 is 10.2 Å². The summed E-state index contributed by atoms with van der Waals surface area (Å²) in [6.07, 6.45) is 0. The van der Waals surface area contributed by atoms with Gasteiger partial charge in [-0.05, 0) is 12.1 Å². The summed E-state index contributed by atoms with van der Waals surface area (Å²) in [7, 11) is -5.25. The van der Waals surface area contributed by atoms with Gasteiger partial charge in [0.05, 0.1) is 5.02 Å². The molecule has 0 aliphatic carbocycles. The molecule has 0 atom stereocenters. The average Bonchev–Trinajstić information content (AvgIpc) is 1.94. The second-order valence-corrected chi connectivity index (χ2v) is 3.86. The van der Waals surface area contributed by atoms with Crippen LogP contribution in [0.15, 0.2) is 17.0 Å². The van der Waals surface area contributed by atoms with Crippen LogP contribution in [-0.2, 0) is 10.2 Å². The molecule has 0 aliphatic rings. The standard InChI is InChI=1S/C6H2ClF3O2S/c7-3-1-5(9)6(2-4(3)8)13(10,11)12/h1-2H. The minimum Gasteiger partial charge on any atom is -0.205 e. The number of hydrogen-bond acceptors (Lipinski definition) is 2. The molecule has 1 aromatic rings. The maximum absolute atomic E-state index is 12.7. The highest BCUT2D eigenvalue weighted by atomic mass is 35.5. The molecule has 0 radical (unpaired) electrons. The van der Waals surface area contributed by atoms with Crippen molar-refractivity contribution in [3.8, 4) is 0 Å². The van der Waals surface area contributed by atoms with Crippen LogP contribution in [0.1, 0.15) is 0 Å². The maximum Gasteiger partial charge on any atom is 0.335 e. The van der Waals surface area contributed by atoms with Crippen molar-refractivity contribution in [1.82, 2.24) is 0 Å². The fraction of sp³-hybridized carbons (Fsp3) is 0. The minimum atomic E-state index is -5.25. The molecular formula is C6H2ClF3O2S. The molecule has 1 rings (SSSR count). The van der Waals surface area contributed by atoms with Crippen LogP contribution in [-0.4, -0.2) is 8.42 Å². The third-order valence-corrected chi connectivity index (χ3v) is 2.37. The third-order valence-electron chi connectivity index (χ3n) is 1.24. The SMILES string of the molecule is O=S(=O)(F)c1cc(F)c(Cl)cc1F. The maximum atomic E-state index is 12.7. The molecule has 0 saturated carbocycles. The molecule has 0 fully saturated rings. The zero-order valence-corrected chi connectivity index (χ0v) is 7.46. The van der Waals surface area contributed by atoms with Gasteiger partial charge in [-0.15, -0.1) is 3.89 Å². The summed E-state index contributed by atoms with van der Waals surface area (Å²) in [5, 5.41) is -0.607. The van der Waals surface area contributed by atoms with Gasteiger partial charge in [-0.25, -0.2) is 8.78 Å². The molecule has 0 amide bonds. The van der Waals surface area contributed by atoms with Crippen LogP contribution in [0.4, 0.5) is 12.7 Å². The lowest BCUT2D eigenvalue weighted by Crippen LogP contribution is -1.97. The first-order valence-corrected chi connectivity index (χ1v) is 4.67. The molecule has 0 unspecified atom stereocenters. The van der Waals surface area contributed by atoms with Gasteiger partial charge in [0.1, 0.15) is 16.5 Å². The van der Waals surface area contributed by atoms with Crippen molar-refractivity contribution < 1.29 is 21.1 Å². The first-order valence-electron chi connectivity index (χ1n) is 2.91. The molecule has 72 valence electrons. The van der Waals surface area contributed by atoms with Crippen LogP contribution in [0.3, 0.4) is 0 Å². The monoisotopic (exact) mass is 230 g/mol. The van der Waals surface area contributed by atoms with Crippen LogP contribution in [0, 0.1) is 11.6 Å². The van der Waals surface area contributed by atoms with Gasteiger partial charge in [0.25, 0.3) is 0 Å². The Bertz CT molecular complexity index is 443. The Morgan fingerprint density at radius 3 is 2.15 bits per heavy atom. The number of hydrogen-bond donors (Lipinski definition) is 0. The first-order chi connectivity index (χ1) is 5.82. The average molecular weight is 231 g/mol. The van der Waals surface area contributed by atoms with Crippen LogP contribution in [0.2, 0.25) is 5.02 Å². The van der Waals surface area contributed by atoms with E-state index in [1.54, 1.807) is 0 Å². The smallest absolute Gasteiger partial charge is 0.205 e. The Labute approximate surface area is 77.2 Å². The van der Waals surface area contributed by atoms with Gasteiger partial charge in [-0.3, -0.25) is 0 Å². The summed E-state index contributed by atoms with van der Waals surface area (Å²) in [6.45, 7) is 0. The van der Waals surface area contributed by atoms with Crippen molar-refractivity contribution in [2.45, 2.75) is 4.90 Å². The lowest BCUT2D eigenvalue weighted by molar-refractivity contribution is 0.526. The highest BCUT2D eigenvalue weighted by Gasteiger charge is 2.20. The van der Waals surface area contributed by atoms with E-state index in [4.69, 9.17) is 11.6 Å². The van der Waals surface area contributed by atoms with E-state index in [2.05, 4.69) is 0 Å². The Hall–Kier alpha value is -0.750. The summed E-state index contributed by atoms with van der Waals surface area (Å²) in [5.41, 5.74) is 0. The normalized spacial score (nSPS) is 11.7. The van der Waals surface area contributed by atoms with Crippen molar-refractivity contribution in [2.75, 3.05) is 0 Å². The molecule has 0 bridgehead atoms. The van der Waals surface area contributed by atoms with Crippen LogP contribution in [0.5, 0.6) is 0 Å². The molecular weight excluding hydrogens is 229 g/mol. The topological polar surface area (TPSA) is 34.1 Å². The van der Waals surface area contributed by atoms with Gasteiger partial charge < -0.3 is 0 Å². The van der Waals surface area contributed by atoms with Crippen molar-refractivity contribution in [3.05, 3.63) is 28.8 Å². The summed E-state index contributed by atoms with van der Waals surface area (Å²) < 4.78 is 57.8. The molecule has 0 heterocycles. The minimum absolute atomic E-state index is 0.187. The van der Waals surface area contributed by atoms with E-state index >= 15 is 0 Å². The van der Waals surface area contributed by atoms with E-state index in [0.717, 1.165) is 0 Å². The second kappa shape index (κ2) is 3.19. The number of benzene rings is 1. The lowest BCUT2D eigenvalue weighted by Gasteiger charge is -1.98. The fourth-order valence-electron chi connectivity index (χ4n) is 0.691. The summed E-state index contributed by atoms with van der Waals surface area (Å²) in [5.74, 6) is -2.62. The van der Waals surface area contributed by atoms with Crippen molar-refractivity contribution >= 4 is 21.8 Å². The largest absolute Gasteiger partial charge is 0.335 e. The molecule has 0 aromatic heterocycles. The molecule has 0 spiro atoms. The quantitative estimate of drug-likeness (QED) is 0.548. The molecule has 1 aromatic carbocycles. The second-order valence-electron chi connectivity index (χ2n) is 2.13. The number of rotatable bonds is 1. The molecule has 7 heteroatoms. The Balaban J connectivity index is 3.50. The predicted octanol–water partition coefficient (Wildman–Crippen LogP) is 2.28. The van der Waals surface area contributed by atoms with Crippen LogP contribution in [0.25, 0.3) is 0 Å².